The lowest BCUT2D eigenvalue weighted by Crippen LogP contribution is -2.50. The van der Waals surface area contributed by atoms with Gasteiger partial charge in [0.1, 0.15) is 0 Å². The highest BCUT2D eigenvalue weighted by atomic mass is 15.2. The molecule has 0 aromatic rings. The predicted octanol–water partition coefficient (Wildman–Crippen LogP) is 3.28. The van der Waals surface area contributed by atoms with Crippen LogP contribution in [0.3, 0.4) is 0 Å². The third kappa shape index (κ3) is 2.34. The second kappa shape index (κ2) is 5.13. The normalized spacial score (nSPS) is 35.2. The lowest BCUT2D eigenvalue weighted by Gasteiger charge is -2.36. The first kappa shape index (κ1) is 14.3. The summed E-state index contributed by atoms with van der Waals surface area (Å²) in [4.78, 5) is 2.79. The van der Waals surface area contributed by atoms with Crippen molar-refractivity contribution in [3.05, 3.63) is 0 Å². The van der Waals surface area contributed by atoms with E-state index in [-0.39, 0.29) is 0 Å². The fraction of sp³-hybridized carbons (Fsp3) is 1.00. The summed E-state index contributed by atoms with van der Waals surface area (Å²) in [6, 6.07) is 1.44. The van der Waals surface area contributed by atoms with Gasteiger partial charge in [0, 0.05) is 18.6 Å². The SMILES string of the molecule is CCC1(CC)CCN(C2CCC(C)(C)C2NC)C1. The molecule has 0 bridgehead atoms. The number of hydrogen-bond donors (Lipinski definition) is 1. The zero-order valence-corrected chi connectivity index (χ0v) is 13.1. The highest BCUT2D eigenvalue weighted by Gasteiger charge is 2.47. The molecule has 0 radical (unpaired) electrons. The Bertz CT molecular complexity index is 281. The molecule has 1 N–H and O–H groups in total. The van der Waals surface area contributed by atoms with Crippen LogP contribution < -0.4 is 5.32 Å². The van der Waals surface area contributed by atoms with Crippen LogP contribution in [0, 0.1) is 10.8 Å². The molecule has 0 aromatic heterocycles. The van der Waals surface area contributed by atoms with E-state index in [4.69, 9.17) is 0 Å². The largest absolute Gasteiger partial charge is 0.315 e. The van der Waals surface area contributed by atoms with Crippen molar-refractivity contribution in [2.45, 2.75) is 71.9 Å². The van der Waals surface area contributed by atoms with E-state index in [2.05, 4.69) is 45.0 Å². The average molecular weight is 252 g/mol. The zero-order valence-electron chi connectivity index (χ0n) is 13.1. The summed E-state index contributed by atoms with van der Waals surface area (Å²) in [7, 11) is 2.15. The average Bonchev–Trinajstić information content (AvgIpc) is 2.90. The molecule has 2 rings (SSSR count). The van der Waals surface area contributed by atoms with Gasteiger partial charge in [0.2, 0.25) is 0 Å². The molecule has 18 heavy (non-hydrogen) atoms. The van der Waals surface area contributed by atoms with Crippen LogP contribution in [0.25, 0.3) is 0 Å². The lowest BCUT2D eigenvalue weighted by atomic mass is 9.81. The van der Waals surface area contributed by atoms with E-state index in [1.54, 1.807) is 0 Å². The monoisotopic (exact) mass is 252 g/mol. The predicted molar refractivity (Wildman–Crippen MR) is 78.9 cm³/mol. The van der Waals surface area contributed by atoms with Gasteiger partial charge in [-0.3, -0.25) is 4.90 Å². The number of likely N-dealkylation sites (tertiary alicyclic amines) is 1. The maximum absolute atomic E-state index is 3.60. The fourth-order valence-corrected chi connectivity index (χ4v) is 4.42. The summed E-state index contributed by atoms with van der Waals surface area (Å²) in [5, 5.41) is 3.60. The first-order valence-electron chi connectivity index (χ1n) is 7.89. The van der Waals surface area contributed by atoms with E-state index in [1.807, 2.05) is 0 Å². The van der Waals surface area contributed by atoms with Gasteiger partial charge < -0.3 is 5.32 Å². The van der Waals surface area contributed by atoms with Crippen LogP contribution in [-0.4, -0.2) is 37.1 Å². The highest BCUT2D eigenvalue weighted by Crippen LogP contribution is 2.44. The first-order chi connectivity index (χ1) is 8.48. The maximum Gasteiger partial charge on any atom is 0.0271 e. The molecule has 2 aliphatic rings. The third-order valence-corrected chi connectivity index (χ3v) is 6.06. The molecule has 0 aromatic carbocycles. The Morgan fingerprint density at radius 2 is 1.83 bits per heavy atom. The van der Waals surface area contributed by atoms with Crippen LogP contribution in [0.4, 0.5) is 0 Å². The molecule has 1 aliphatic carbocycles. The third-order valence-electron chi connectivity index (χ3n) is 6.06. The molecule has 106 valence electrons. The van der Waals surface area contributed by atoms with Crippen molar-refractivity contribution in [1.82, 2.24) is 10.2 Å². The Morgan fingerprint density at radius 3 is 2.33 bits per heavy atom. The Hall–Kier alpha value is -0.0800. The van der Waals surface area contributed by atoms with Crippen molar-refractivity contribution >= 4 is 0 Å². The molecule has 2 nitrogen and oxygen atoms in total. The topological polar surface area (TPSA) is 15.3 Å². The van der Waals surface area contributed by atoms with Crippen LogP contribution in [-0.2, 0) is 0 Å². The molecule has 2 unspecified atom stereocenters. The van der Waals surface area contributed by atoms with Gasteiger partial charge in [0.25, 0.3) is 0 Å². The van der Waals surface area contributed by atoms with Crippen LogP contribution in [0.1, 0.15) is 59.8 Å². The smallest absolute Gasteiger partial charge is 0.0271 e. The first-order valence-corrected chi connectivity index (χ1v) is 7.89. The molecule has 1 saturated carbocycles. The van der Waals surface area contributed by atoms with Crippen molar-refractivity contribution in [2.24, 2.45) is 10.8 Å². The van der Waals surface area contributed by atoms with Gasteiger partial charge in [-0.1, -0.05) is 27.7 Å². The van der Waals surface area contributed by atoms with Crippen molar-refractivity contribution < 1.29 is 0 Å². The van der Waals surface area contributed by atoms with Gasteiger partial charge in [0.15, 0.2) is 0 Å². The summed E-state index contributed by atoms with van der Waals surface area (Å²) < 4.78 is 0. The molecule has 1 heterocycles. The van der Waals surface area contributed by atoms with E-state index >= 15 is 0 Å². The Balaban J connectivity index is 2.06. The minimum absolute atomic E-state index is 0.461. The van der Waals surface area contributed by atoms with Crippen LogP contribution in [0.2, 0.25) is 0 Å². The van der Waals surface area contributed by atoms with E-state index in [1.165, 1.54) is 45.2 Å². The number of nitrogens with zero attached hydrogens (tertiary/aromatic N) is 1. The number of likely N-dealkylation sites (N-methyl/N-ethyl adjacent to an activating group) is 1. The van der Waals surface area contributed by atoms with E-state index in [0.717, 1.165) is 6.04 Å². The Kier molecular flexibility index (Phi) is 4.08. The summed E-state index contributed by atoms with van der Waals surface area (Å²) in [6.45, 7) is 12.3. The summed E-state index contributed by atoms with van der Waals surface area (Å²) >= 11 is 0. The van der Waals surface area contributed by atoms with Crippen molar-refractivity contribution in [2.75, 3.05) is 20.1 Å². The summed E-state index contributed by atoms with van der Waals surface area (Å²) in [5.74, 6) is 0. The van der Waals surface area contributed by atoms with Gasteiger partial charge in [0.05, 0.1) is 0 Å². The van der Waals surface area contributed by atoms with Gasteiger partial charge in [-0.25, -0.2) is 0 Å². The van der Waals surface area contributed by atoms with Crippen LogP contribution >= 0.6 is 0 Å². The van der Waals surface area contributed by atoms with Gasteiger partial charge >= 0.3 is 0 Å². The maximum atomic E-state index is 3.60. The molecule has 1 aliphatic heterocycles. The van der Waals surface area contributed by atoms with Gasteiger partial charge in [-0.2, -0.15) is 0 Å². The number of nitrogens with one attached hydrogen (secondary N) is 1. The molecular weight excluding hydrogens is 220 g/mol. The van der Waals surface area contributed by atoms with Gasteiger partial charge in [-0.05, 0) is 56.5 Å². The molecule has 0 amide bonds. The number of hydrogen-bond acceptors (Lipinski definition) is 2. The quantitative estimate of drug-likeness (QED) is 0.826. The zero-order chi connectivity index (χ0) is 13.4. The molecule has 0 spiro atoms. The van der Waals surface area contributed by atoms with Crippen molar-refractivity contribution in [3.63, 3.8) is 0 Å². The summed E-state index contributed by atoms with van der Waals surface area (Å²) in [6.07, 6.45) is 6.85. The second-order valence-corrected chi connectivity index (χ2v) is 7.29. The van der Waals surface area contributed by atoms with E-state index in [9.17, 15) is 0 Å². The molecule has 1 saturated heterocycles. The van der Waals surface area contributed by atoms with E-state index < -0.39 is 0 Å². The minimum Gasteiger partial charge on any atom is -0.315 e. The molecule has 2 heteroatoms. The molecular formula is C16H32N2. The minimum atomic E-state index is 0.461. The van der Waals surface area contributed by atoms with E-state index in [0.29, 0.717) is 16.9 Å². The van der Waals surface area contributed by atoms with Crippen molar-refractivity contribution in [3.8, 4) is 0 Å². The van der Waals surface area contributed by atoms with Crippen LogP contribution in [0.5, 0.6) is 0 Å². The molecule has 2 atom stereocenters. The Labute approximate surface area is 114 Å². The summed E-state index contributed by atoms with van der Waals surface area (Å²) in [5.41, 5.74) is 1.08. The lowest BCUT2D eigenvalue weighted by molar-refractivity contribution is 0.153. The highest BCUT2D eigenvalue weighted by molar-refractivity contribution is 5.03. The fourth-order valence-electron chi connectivity index (χ4n) is 4.42. The molecule has 2 fully saturated rings. The Morgan fingerprint density at radius 1 is 1.17 bits per heavy atom. The van der Waals surface area contributed by atoms with Crippen molar-refractivity contribution in [1.29, 1.82) is 0 Å². The second-order valence-electron chi connectivity index (χ2n) is 7.29. The number of rotatable bonds is 4. The standard InChI is InChI=1S/C16H32N2/c1-6-16(7-2)10-11-18(12-16)13-8-9-15(3,4)14(13)17-5/h13-14,17H,6-12H2,1-5H3. The van der Waals surface area contributed by atoms with Gasteiger partial charge in [-0.15, -0.1) is 0 Å². The van der Waals surface area contributed by atoms with Crippen LogP contribution in [0.15, 0.2) is 0 Å².